The molecule has 4 nitrogen and oxygen atoms in total. The molecule has 8 heavy (non-hydrogen) atoms. The topological polar surface area (TPSA) is 78.0 Å². The van der Waals surface area contributed by atoms with E-state index in [0.717, 1.165) is 0 Å². The lowest BCUT2D eigenvalue weighted by Crippen LogP contribution is -2.04. The average Bonchev–Trinajstić information content (AvgIpc) is 1.61. The molecular formula is C3H8O4Si. The van der Waals surface area contributed by atoms with E-state index in [1.807, 2.05) is 0 Å². The second kappa shape index (κ2) is 6.32. The van der Waals surface area contributed by atoms with Crippen LogP contribution < -0.4 is 0 Å². The van der Waals surface area contributed by atoms with Gasteiger partial charge < -0.3 is 14.7 Å². The van der Waals surface area contributed by atoms with Crippen molar-refractivity contribution in [2.24, 2.45) is 0 Å². The highest BCUT2D eigenvalue weighted by atomic mass is 28.3. The van der Waals surface area contributed by atoms with Crippen LogP contribution in [0.3, 0.4) is 0 Å². The molecule has 5 heteroatoms. The van der Waals surface area contributed by atoms with Crippen molar-refractivity contribution in [2.75, 3.05) is 6.61 Å². The molecule has 0 aliphatic heterocycles. The first-order chi connectivity index (χ1) is 3.27. The van der Waals surface area contributed by atoms with Crippen molar-refractivity contribution in [2.45, 2.75) is 0 Å². The van der Waals surface area contributed by atoms with Gasteiger partial charge in [-0.05, 0) is 0 Å². The molecule has 3 N–H and O–H groups in total. The van der Waals surface area contributed by atoms with Crippen molar-refractivity contribution in [1.29, 1.82) is 0 Å². The highest BCUT2D eigenvalue weighted by Gasteiger charge is 1.98. The van der Waals surface area contributed by atoms with Gasteiger partial charge in [0, 0.05) is 0 Å². The van der Waals surface area contributed by atoms with E-state index >= 15 is 0 Å². The molecule has 48 valence electrons. The molecule has 0 saturated heterocycles. The summed E-state index contributed by atoms with van der Waals surface area (Å²) in [6, 6.07) is 0. The summed E-state index contributed by atoms with van der Waals surface area (Å²) < 4.78 is 13.8. The van der Waals surface area contributed by atoms with Crippen molar-refractivity contribution in [3.8, 4) is 0 Å². The maximum atomic E-state index is 9.67. The van der Waals surface area contributed by atoms with E-state index in [1.54, 1.807) is 0 Å². The largest absolute Gasteiger partial charge is 0.764 e. The molecule has 0 fully saturated rings. The lowest BCUT2D eigenvalue weighted by Gasteiger charge is -1.88. The Hall–Kier alpha value is -0.683. The van der Waals surface area contributed by atoms with Crippen LogP contribution in [-0.4, -0.2) is 26.0 Å². The van der Waals surface area contributed by atoms with E-state index in [-0.39, 0.29) is 12.1 Å². The Bertz CT molecular complexity index is 81.4. The van der Waals surface area contributed by atoms with E-state index in [9.17, 15) is 4.46 Å². The molecule has 0 heterocycles. The van der Waals surface area contributed by atoms with Crippen LogP contribution in [-0.2, 0) is 8.89 Å². The Morgan fingerprint density at radius 2 is 2.38 bits per heavy atom. The van der Waals surface area contributed by atoms with Gasteiger partial charge in [0.15, 0.2) is 0 Å². The average molecular weight is 136 g/mol. The molecule has 0 aromatic rings. The van der Waals surface area contributed by atoms with Crippen molar-refractivity contribution < 1.29 is 19.2 Å². The van der Waals surface area contributed by atoms with E-state index in [4.69, 9.17) is 4.80 Å². The number of hydrogen-bond donors (Lipinski definition) is 1. The molecule has 0 radical (unpaired) electrons. The normalized spacial score (nSPS) is 6.50. The van der Waals surface area contributed by atoms with Crippen molar-refractivity contribution >= 4 is 9.17 Å². The molecule has 0 saturated carbocycles. The van der Waals surface area contributed by atoms with Gasteiger partial charge in [0.05, 0.1) is 6.61 Å². The fourth-order valence-corrected chi connectivity index (χ4v) is 0.391. The first-order valence-corrected chi connectivity index (χ1v) is 3.00. The van der Waals surface area contributed by atoms with E-state index < -0.39 is 9.17 Å². The third-order valence-electron chi connectivity index (χ3n) is 0.325. The van der Waals surface area contributed by atoms with Crippen LogP contribution in [0.1, 0.15) is 0 Å². The second-order valence-corrected chi connectivity index (χ2v) is 1.69. The molecule has 0 rings (SSSR count). The van der Waals surface area contributed by atoms with Crippen LogP contribution in [0.4, 0.5) is 0 Å². The molecule has 0 unspecified atom stereocenters. The Morgan fingerprint density at radius 3 is 2.50 bits per heavy atom. The zero-order valence-corrected chi connectivity index (χ0v) is 5.26. The molecule has 0 spiro atoms. The standard InChI is InChI=1S/C3H6O3Si.H2O/c1-2-3-6-7(4)5;/h2,4H,1,3H2;1H2. The number of rotatable bonds is 3. The Kier molecular flexibility index (Phi) is 8.16. The number of hydrogen-bond acceptors (Lipinski definition) is 2. The van der Waals surface area contributed by atoms with Crippen molar-refractivity contribution in [3.05, 3.63) is 12.7 Å². The third kappa shape index (κ3) is 9.01. The van der Waals surface area contributed by atoms with Gasteiger partial charge in [-0.1, -0.05) is 12.7 Å². The van der Waals surface area contributed by atoms with Gasteiger partial charge in [-0.15, -0.1) is 0 Å². The zero-order chi connectivity index (χ0) is 5.70. The minimum atomic E-state index is -2.72. The molecule has 0 aromatic heterocycles. The summed E-state index contributed by atoms with van der Waals surface area (Å²) in [6.45, 7) is 3.42. The smallest absolute Gasteiger partial charge is 0.511 e. The summed E-state index contributed by atoms with van der Waals surface area (Å²) in [5.41, 5.74) is 0. The molecule has 0 aliphatic carbocycles. The van der Waals surface area contributed by atoms with Crippen LogP contribution in [0.15, 0.2) is 12.7 Å². The summed E-state index contributed by atoms with van der Waals surface area (Å²) in [5.74, 6) is 0. The van der Waals surface area contributed by atoms with Crippen LogP contribution >= 0.6 is 0 Å². The van der Waals surface area contributed by atoms with E-state index in [0.29, 0.717) is 0 Å². The minimum absolute atomic E-state index is 0. The van der Waals surface area contributed by atoms with Crippen LogP contribution in [0.25, 0.3) is 0 Å². The fourth-order valence-electron chi connectivity index (χ4n) is 0.130. The summed E-state index contributed by atoms with van der Waals surface area (Å²) in [5, 5.41) is 0. The Balaban J connectivity index is 0. The molecule has 0 bridgehead atoms. The molecule has 0 aromatic carbocycles. The fraction of sp³-hybridized carbons (Fsp3) is 0.333. The first kappa shape index (κ1) is 10.3. The van der Waals surface area contributed by atoms with Crippen LogP contribution in [0.5, 0.6) is 0 Å². The predicted molar refractivity (Wildman–Crippen MR) is 28.4 cm³/mol. The lowest BCUT2D eigenvalue weighted by atomic mass is 10.7. The van der Waals surface area contributed by atoms with E-state index in [1.165, 1.54) is 6.08 Å². The minimum Gasteiger partial charge on any atom is -0.511 e. The molecule has 0 atom stereocenters. The van der Waals surface area contributed by atoms with Gasteiger partial charge in [0.25, 0.3) is 0 Å². The highest BCUT2D eigenvalue weighted by molar-refractivity contribution is 6.24. The monoisotopic (exact) mass is 136 g/mol. The summed E-state index contributed by atoms with van der Waals surface area (Å²) in [4.78, 5) is 7.96. The van der Waals surface area contributed by atoms with Gasteiger partial charge >= 0.3 is 9.17 Å². The van der Waals surface area contributed by atoms with Gasteiger partial charge in [0.2, 0.25) is 0 Å². The van der Waals surface area contributed by atoms with Gasteiger partial charge in [-0.25, -0.2) is 0 Å². The second-order valence-electron chi connectivity index (χ2n) is 0.866. The SMILES string of the molecule is C=CCO[Si](=O)O.O. The summed E-state index contributed by atoms with van der Waals surface area (Å²) in [6.07, 6.45) is 1.42. The highest BCUT2D eigenvalue weighted by Crippen LogP contribution is 1.68. The first-order valence-electron chi connectivity index (χ1n) is 1.74. The quantitative estimate of drug-likeness (QED) is 0.390. The van der Waals surface area contributed by atoms with Crippen molar-refractivity contribution in [1.82, 2.24) is 0 Å². The van der Waals surface area contributed by atoms with Gasteiger partial charge in [-0.3, -0.25) is 4.46 Å². The van der Waals surface area contributed by atoms with E-state index in [2.05, 4.69) is 11.0 Å². The Labute approximate surface area is 48.6 Å². The third-order valence-corrected chi connectivity index (χ3v) is 0.738. The summed E-state index contributed by atoms with van der Waals surface area (Å²) >= 11 is 0. The predicted octanol–water partition coefficient (Wildman–Crippen LogP) is -1.23. The van der Waals surface area contributed by atoms with Gasteiger partial charge in [0.1, 0.15) is 0 Å². The lowest BCUT2D eigenvalue weighted by molar-refractivity contribution is 0.249. The maximum Gasteiger partial charge on any atom is 0.764 e. The van der Waals surface area contributed by atoms with Gasteiger partial charge in [-0.2, -0.15) is 0 Å². The molecule has 0 aliphatic rings. The molecular weight excluding hydrogens is 128 g/mol. The van der Waals surface area contributed by atoms with Crippen LogP contribution in [0, 0.1) is 0 Å². The molecule has 0 amide bonds. The summed E-state index contributed by atoms with van der Waals surface area (Å²) in [7, 11) is -2.72. The van der Waals surface area contributed by atoms with Crippen molar-refractivity contribution in [3.63, 3.8) is 0 Å². The Morgan fingerprint density at radius 1 is 1.88 bits per heavy atom. The zero-order valence-electron chi connectivity index (χ0n) is 4.26. The maximum absolute atomic E-state index is 9.67. The van der Waals surface area contributed by atoms with Crippen LogP contribution in [0.2, 0.25) is 0 Å².